The molecule has 178 valence electrons. The van der Waals surface area contributed by atoms with E-state index in [1.165, 1.54) is 0 Å². The number of amides is 2. The number of rotatable bonds is 6. The second-order valence-electron chi connectivity index (χ2n) is 8.11. The highest BCUT2D eigenvalue weighted by molar-refractivity contribution is 6.34. The van der Waals surface area contributed by atoms with E-state index in [9.17, 15) is 19.5 Å². The van der Waals surface area contributed by atoms with Crippen LogP contribution in [0.25, 0.3) is 28.6 Å². The van der Waals surface area contributed by atoms with Gasteiger partial charge in [0.15, 0.2) is 0 Å². The fourth-order valence-corrected chi connectivity index (χ4v) is 4.23. The van der Waals surface area contributed by atoms with E-state index in [0.29, 0.717) is 22.6 Å². The molecule has 0 atom stereocenters. The smallest absolute Gasteiger partial charge is 0.323 e. The van der Waals surface area contributed by atoms with E-state index in [1.54, 1.807) is 48.3 Å². The van der Waals surface area contributed by atoms with E-state index in [1.807, 2.05) is 54.6 Å². The molecule has 1 aliphatic heterocycles. The maximum atomic E-state index is 13.4. The highest BCUT2D eigenvalue weighted by atomic mass is 16.5. The van der Waals surface area contributed by atoms with Crippen molar-refractivity contribution in [3.8, 4) is 22.7 Å². The molecule has 1 aromatic heterocycles. The first-order valence-corrected chi connectivity index (χ1v) is 11.2. The highest BCUT2D eigenvalue weighted by Crippen LogP contribution is 2.36. The molecule has 36 heavy (non-hydrogen) atoms. The minimum Gasteiger partial charge on any atom is -0.496 e. The molecule has 3 aromatic carbocycles. The van der Waals surface area contributed by atoms with Gasteiger partial charge in [-0.15, -0.1) is 0 Å². The Morgan fingerprint density at radius 3 is 2.22 bits per heavy atom. The standard InChI is InChI=1S/C28H21N3O5/c1-36-24-14-8-7-13-22(24)26-18(16-31(29-26)19-9-3-2-4-10-19)15-23-20-11-5-6-12-21(20)27(34)30(28(23)35)17-25(32)33/h2-16H,17H2,1H3,(H,32,33). The summed E-state index contributed by atoms with van der Waals surface area (Å²) in [5.74, 6) is -1.99. The Morgan fingerprint density at radius 2 is 1.53 bits per heavy atom. The molecule has 1 N–H and O–H groups in total. The van der Waals surface area contributed by atoms with Crippen molar-refractivity contribution in [1.82, 2.24) is 14.7 Å². The fraction of sp³-hybridized carbons (Fsp3) is 0.0714. The fourth-order valence-electron chi connectivity index (χ4n) is 4.23. The Kier molecular flexibility index (Phi) is 5.92. The van der Waals surface area contributed by atoms with E-state index < -0.39 is 24.3 Å². The van der Waals surface area contributed by atoms with E-state index in [2.05, 4.69) is 0 Å². The normalized spacial score (nSPS) is 14.1. The predicted octanol–water partition coefficient (Wildman–Crippen LogP) is 4.16. The first-order valence-electron chi connectivity index (χ1n) is 11.2. The van der Waals surface area contributed by atoms with Gasteiger partial charge in [-0.2, -0.15) is 5.10 Å². The summed E-state index contributed by atoms with van der Waals surface area (Å²) < 4.78 is 7.26. The Morgan fingerprint density at radius 1 is 0.889 bits per heavy atom. The summed E-state index contributed by atoms with van der Waals surface area (Å²) in [6.45, 7) is -0.730. The van der Waals surface area contributed by atoms with Crippen molar-refractivity contribution in [2.45, 2.75) is 0 Å². The number of carbonyl (C=O) groups is 3. The summed E-state index contributed by atoms with van der Waals surface area (Å²) in [5.41, 5.74) is 3.61. The minimum atomic E-state index is -1.28. The molecule has 0 spiro atoms. The molecule has 5 rings (SSSR count). The van der Waals surface area contributed by atoms with Crippen molar-refractivity contribution in [2.24, 2.45) is 0 Å². The Bertz CT molecular complexity index is 1520. The van der Waals surface area contributed by atoms with Crippen molar-refractivity contribution in [3.05, 3.63) is 102 Å². The number of carboxylic acid groups (broad SMARTS) is 1. The number of hydrogen-bond acceptors (Lipinski definition) is 5. The quantitative estimate of drug-likeness (QED) is 0.329. The molecule has 0 saturated carbocycles. The summed E-state index contributed by atoms with van der Waals surface area (Å²) in [4.78, 5) is 38.5. The molecule has 8 nitrogen and oxygen atoms in total. The number of carbonyl (C=O) groups excluding carboxylic acids is 2. The van der Waals surface area contributed by atoms with E-state index >= 15 is 0 Å². The molecule has 4 aromatic rings. The molecule has 2 amide bonds. The Balaban J connectivity index is 1.74. The average Bonchev–Trinajstić information content (AvgIpc) is 3.33. The number of benzene rings is 3. The Labute approximate surface area is 206 Å². The summed E-state index contributed by atoms with van der Waals surface area (Å²) >= 11 is 0. The van der Waals surface area contributed by atoms with Crippen molar-refractivity contribution >= 4 is 29.4 Å². The maximum absolute atomic E-state index is 13.4. The molecule has 0 bridgehead atoms. The maximum Gasteiger partial charge on any atom is 0.323 e. The largest absolute Gasteiger partial charge is 0.496 e. The Hall–Kier alpha value is -4.98. The van der Waals surface area contributed by atoms with Crippen molar-refractivity contribution in [1.29, 1.82) is 0 Å². The molecule has 1 aliphatic rings. The third-order valence-electron chi connectivity index (χ3n) is 5.89. The number of nitrogens with zero attached hydrogens (tertiary/aromatic N) is 3. The average molecular weight is 479 g/mol. The van der Waals surface area contributed by atoms with Crippen LogP contribution in [0.3, 0.4) is 0 Å². The zero-order chi connectivity index (χ0) is 25.2. The number of para-hydroxylation sites is 2. The van der Waals surface area contributed by atoms with Crippen LogP contribution in [0.4, 0.5) is 0 Å². The second-order valence-corrected chi connectivity index (χ2v) is 8.11. The van der Waals surface area contributed by atoms with E-state index in [4.69, 9.17) is 9.84 Å². The van der Waals surface area contributed by atoms with Gasteiger partial charge in [-0.1, -0.05) is 48.5 Å². The number of imide groups is 1. The van der Waals surface area contributed by atoms with Crippen LogP contribution in [0.15, 0.2) is 85.1 Å². The third kappa shape index (κ3) is 4.05. The van der Waals surface area contributed by atoms with Gasteiger partial charge in [0.05, 0.1) is 12.8 Å². The van der Waals surface area contributed by atoms with Crippen molar-refractivity contribution in [3.63, 3.8) is 0 Å². The van der Waals surface area contributed by atoms with Crippen LogP contribution in [-0.4, -0.2) is 51.2 Å². The molecular weight excluding hydrogens is 458 g/mol. The van der Waals surface area contributed by atoms with Crippen LogP contribution in [0.1, 0.15) is 21.5 Å². The van der Waals surface area contributed by atoms with Crippen LogP contribution < -0.4 is 4.74 Å². The zero-order valence-electron chi connectivity index (χ0n) is 19.3. The lowest BCUT2D eigenvalue weighted by atomic mass is 9.91. The number of fused-ring (bicyclic) bond motifs is 1. The monoisotopic (exact) mass is 479 g/mol. The van der Waals surface area contributed by atoms with Gasteiger partial charge in [-0.3, -0.25) is 19.3 Å². The van der Waals surface area contributed by atoms with Gasteiger partial charge in [-0.05, 0) is 42.0 Å². The lowest BCUT2D eigenvalue weighted by Crippen LogP contribution is -2.44. The number of aliphatic carboxylic acids is 1. The highest BCUT2D eigenvalue weighted by Gasteiger charge is 2.36. The van der Waals surface area contributed by atoms with Gasteiger partial charge in [-0.25, -0.2) is 4.68 Å². The van der Waals surface area contributed by atoms with Crippen LogP contribution in [-0.2, 0) is 9.59 Å². The summed E-state index contributed by atoms with van der Waals surface area (Å²) in [7, 11) is 1.57. The van der Waals surface area contributed by atoms with Gasteiger partial charge in [0.25, 0.3) is 11.8 Å². The molecular formula is C28H21N3O5. The first-order chi connectivity index (χ1) is 17.5. The van der Waals surface area contributed by atoms with Gasteiger partial charge in [0.1, 0.15) is 18.0 Å². The number of aromatic nitrogens is 2. The molecule has 0 radical (unpaired) electrons. The van der Waals surface area contributed by atoms with Crippen LogP contribution in [0.2, 0.25) is 0 Å². The zero-order valence-corrected chi connectivity index (χ0v) is 19.3. The van der Waals surface area contributed by atoms with Crippen molar-refractivity contribution in [2.75, 3.05) is 13.7 Å². The molecule has 0 aliphatic carbocycles. The molecule has 0 unspecified atom stereocenters. The topological polar surface area (TPSA) is 102 Å². The lowest BCUT2D eigenvalue weighted by molar-refractivity contribution is -0.141. The number of carboxylic acids is 1. The minimum absolute atomic E-state index is 0.204. The SMILES string of the molecule is COc1ccccc1-c1nn(-c2ccccc2)cc1C=C1C(=O)N(CC(=O)O)C(=O)c2ccccc21. The number of ether oxygens (including phenoxy) is 1. The van der Waals surface area contributed by atoms with Gasteiger partial charge >= 0.3 is 5.97 Å². The van der Waals surface area contributed by atoms with Crippen LogP contribution >= 0.6 is 0 Å². The summed E-state index contributed by atoms with van der Waals surface area (Å²) in [6.07, 6.45) is 3.44. The van der Waals surface area contributed by atoms with Crippen molar-refractivity contribution < 1.29 is 24.2 Å². The van der Waals surface area contributed by atoms with Crippen LogP contribution in [0.5, 0.6) is 5.75 Å². The van der Waals surface area contributed by atoms with Crippen LogP contribution in [0, 0.1) is 0 Å². The van der Waals surface area contributed by atoms with E-state index in [-0.39, 0.29) is 11.1 Å². The summed E-state index contributed by atoms with van der Waals surface area (Å²) in [5, 5.41) is 14.1. The molecule has 8 heteroatoms. The molecule has 2 heterocycles. The summed E-state index contributed by atoms with van der Waals surface area (Å²) in [6, 6.07) is 23.6. The van der Waals surface area contributed by atoms with Gasteiger partial charge in [0, 0.05) is 28.5 Å². The molecule has 0 saturated heterocycles. The van der Waals surface area contributed by atoms with Gasteiger partial charge in [0.2, 0.25) is 0 Å². The van der Waals surface area contributed by atoms with Gasteiger partial charge < -0.3 is 9.84 Å². The van der Waals surface area contributed by atoms with E-state index in [0.717, 1.165) is 16.2 Å². The lowest BCUT2D eigenvalue weighted by Gasteiger charge is -2.27. The number of hydrogen-bond donors (Lipinski definition) is 1. The second kappa shape index (κ2) is 9.34. The number of methoxy groups -OCH3 is 1. The molecule has 0 fully saturated rings. The first kappa shape index (κ1) is 22.8. The predicted molar refractivity (Wildman–Crippen MR) is 134 cm³/mol. The third-order valence-corrected chi connectivity index (χ3v) is 5.89.